The van der Waals surface area contributed by atoms with E-state index in [1.54, 1.807) is 47.2 Å². The molecule has 0 saturated carbocycles. The van der Waals surface area contributed by atoms with Crippen LogP contribution >= 0.6 is 0 Å². The van der Waals surface area contributed by atoms with E-state index in [4.69, 9.17) is 5.73 Å². The molecule has 5 rings (SSSR count). The molecule has 0 fully saturated rings. The molecule has 3 heterocycles. The maximum atomic E-state index is 14.1. The van der Waals surface area contributed by atoms with Crippen LogP contribution in [0.25, 0.3) is 27.8 Å². The number of fused-ring (bicyclic) bond motifs is 2. The topological polar surface area (TPSA) is 132 Å². The van der Waals surface area contributed by atoms with Crippen molar-refractivity contribution in [2.75, 3.05) is 12.3 Å². The number of hydrogen-bond acceptors (Lipinski definition) is 7. The van der Waals surface area contributed by atoms with Crippen LogP contribution in [-0.4, -0.2) is 52.7 Å². The molecule has 0 spiro atoms. The minimum atomic E-state index is -0.784. The highest BCUT2D eigenvalue weighted by Crippen LogP contribution is 2.30. The summed E-state index contributed by atoms with van der Waals surface area (Å²) >= 11 is 0. The fourth-order valence-electron chi connectivity index (χ4n) is 4.02. The van der Waals surface area contributed by atoms with Gasteiger partial charge >= 0.3 is 0 Å². The van der Waals surface area contributed by atoms with Crippen molar-refractivity contribution in [3.05, 3.63) is 85.1 Å². The molecule has 36 heavy (non-hydrogen) atoms. The summed E-state index contributed by atoms with van der Waals surface area (Å²) in [7, 11) is 0. The van der Waals surface area contributed by atoms with Gasteiger partial charge in [0.25, 0.3) is 11.8 Å². The van der Waals surface area contributed by atoms with Crippen LogP contribution in [0.2, 0.25) is 0 Å². The van der Waals surface area contributed by atoms with Gasteiger partial charge in [-0.3, -0.25) is 19.1 Å². The Balaban J connectivity index is 1.56. The average Bonchev–Trinajstić information content (AvgIpc) is 3.46. The van der Waals surface area contributed by atoms with E-state index in [2.05, 4.69) is 21.6 Å². The first-order valence-corrected chi connectivity index (χ1v) is 10.9. The molecule has 2 amide bonds. The van der Waals surface area contributed by atoms with Crippen molar-refractivity contribution in [2.45, 2.75) is 6.54 Å². The smallest absolute Gasteiger partial charge is 0.260 e. The first-order valence-electron chi connectivity index (χ1n) is 10.9. The minimum Gasteiger partial charge on any atom is -0.505 e. The number of nitrogen functional groups attached to an aromatic ring is 1. The standard InChI is InChI=1S/C25H20FN7O3/c1-2-20(35)32(25(36)15-6-4-3-5-7-15)10-11-33-23-21(22(27)28-14-29-23)24(30-33)31-9-8-16-12-19(34)17(26)13-18(16)31/h2-9,12-14,34H,1,10-11H2,(H2,27,28,29). The molecule has 0 bridgehead atoms. The maximum absolute atomic E-state index is 14.1. The lowest BCUT2D eigenvalue weighted by atomic mass is 10.2. The summed E-state index contributed by atoms with van der Waals surface area (Å²) in [5, 5.41) is 15.3. The molecule has 0 atom stereocenters. The van der Waals surface area contributed by atoms with Gasteiger partial charge in [0, 0.05) is 29.8 Å². The number of nitrogens with two attached hydrogens (primary N) is 1. The summed E-state index contributed by atoms with van der Waals surface area (Å²) < 4.78 is 17.3. The number of nitrogens with zero attached hydrogens (tertiary/aromatic N) is 6. The first-order chi connectivity index (χ1) is 17.4. The Bertz CT molecular complexity index is 1640. The molecular formula is C25H20FN7O3. The van der Waals surface area contributed by atoms with Gasteiger partial charge in [-0.15, -0.1) is 0 Å². The second-order valence-corrected chi connectivity index (χ2v) is 7.92. The third kappa shape index (κ3) is 3.82. The monoisotopic (exact) mass is 485 g/mol. The molecule has 0 aliphatic carbocycles. The van der Waals surface area contributed by atoms with Gasteiger partial charge in [-0.25, -0.2) is 19.0 Å². The maximum Gasteiger partial charge on any atom is 0.260 e. The molecule has 2 aromatic carbocycles. The molecule has 0 aliphatic rings. The molecular weight excluding hydrogens is 465 g/mol. The lowest BCUT2D eigenvalue weighted by molar-refractivity contribution is -0.123. The number of amides is 2. The number of benzene rings is 2. The summed E-state index contributed by atoms with van der Waals surface area (Å²) in [4.78, 5) is 35.0. The summed E-state index contributed by atoms with van der Waals surface area (Å²) in [6, 6.07) is 12.6. The highest BCUT2D eigenvalue weighted by Gasteiger charge is 2.23. The Morgan fingerprint density at radius 3 is 2.69 bits per heavy atom. The van der Waals surface area contributed by atoms with Gasteiger partial charge in [0.2, 0.25) is 0 Å². The zero-order chi connectivity index (χ0) is 25.4. The molecule has 0 radical (unpaired) electrons. The quantitative estimate of drug-likeness (QED) is 0.353. The van der Waals surface area contributed by atoms with Crippen LogP contribution in [0.4, 0.5) is 10.2 Å². The van der Waals surface area contributed by atoms with E-state index in [0.29, 0.717) is 33.3 Å². The van der Waals surface area contributed by atoms with Gasteiger partial charge in [-0.2, -0.15) is 5.10 Å². The van der Waals surface area contributed by atoms with Gasteiger partial charge in [0.1, 0.15) is 17.5 Å². The number of aromatic hydroxyl groups is 1. The van der Waals surface area contributed by atoms with Crippen LogP contribution in [0.3, 0.4) is 0 Å². The van der Waals surface area contributed by atoms with Crippen LogP contribution in [0.1, 0.15) is 10.4 Å². The third-order valence-corrected chi connectivity index (χ3v) is 5.77. The van der Waals surface area contributed by atoms with E-state index in [0.717, 1.165) is 11.0 Å². The number of rotatable bonds is 6. The van der Waals surface area contributed by atoms with Crippen LogP contribution in [0.5, 0.6) is 5.75 Å². The van der Waals surface area contributed by atoms with Crippen molar-refractivity contribution < 1.29 is 19.1 Å². The minimum absolute atomic E-state index is 0.0202. The number of halogens is 1. The van der Waals surface area contributed by atoms with Crippen molar-refractivity contribution in [1.82, 2.24) is 29.2 Å². The van der Waals surface area contributed by atoms with Crippen molar-refractivity contribution in [2.24, 2.45) is 0 Å². The Morgan fingerprint density at radius 2 is 1.94 bits per heavy atom. The van der Waals surface area contributed by atoms with Crippen molar-refractivity contribution in [1.29, 1.82) is 0 Å². The number of phenolic OH excluding ortho intramolecular Hbond substituents is 1. The van der Waals surface area contributed by atoms with Crippen LogP contribution in [-0.2, 0) is 11.3 Å². The van der Waals surface area contributed by atoms with Crippen molar-refractivity contribution in [3.8, 4) is 11.6 Å². The predicted octanol–water partition coefficient (Wildman–Crippen LogP) is 3.05. The molecule has 180 valence electrons. The summed E-state index contributed by atoms with van der Waals surface area (Å²) in [6.45, 7) is 3.58. The summed E-state index contributed by atoms with van der Waals surface area (Å²) in [5.41, 5.74) is 7.34. The molecule has 0 saturated heterocycles. The zero-order valence-corrected chi connectivity index (χ0v) is 18.9. The molecule has 3 N–H and O–H groups in total. The van der Waals surface area contributed by atoms with E-state index in [9.17, 15) is 19.1 Å². The number of hydrogen-bond donors (Lipinski definition) is 2. The van der Waals surface area contributed by atoms with Crippen LogP contribution in [0, 0.1) is 5.82 Å². The number of phenols is 1. The van der Waals surface area contributed by atoms with E-state index < -0.39 is 23.4 Å². The molecule has 0 unspecified atom stereocenters. The average molecular weight is 485 g/mol. The van der Waals surface area contributed by atoms with Crippen molar-refractivity contribution >= 4 is 39.6 Å². The number of carbonyl (C=O) groups excluding carboxylic acids is 2. The van der Waals surface area contributed by atoms with Crippen LogP contribution < -0.4 is 5.73 Å². The number of imide groups is 1. The largest absolute Gasteiger partial charge is 0.505 e. The molecule has 3 aromatic heterocycles. The third-order valence-electron chi connectivity index (χ3n) is 5.77. The van der Waals surface area contributed by atoms with Gasteiger partial charge in [-0.05, 0) is 30.3 Å². The van der Waals surface area contributed by atoms with Gasteiger partial charge in [0.05, 0.1) is 12.1 Å². The second-order valence-electron chi connectivity index (χ2n) is 7.92. The number of carbonyl (C=O) groups is 2. The van der Waals surface area contributed by atoms with Crippen LogP contribution in [0.15, 0.2) is 73.7 Å². The number of anilines is 1. The Labute approximate surface area is 203 Å². The van der Waals surface area contributed by atoms with Crippen molar-refractivity contribution in [3.63, 3.8) is 0 Å². The highest BCUT2D eigenvalue weighted by atomic mass is 19.1. The lowest BCUT2D eigenvalue weighted by Crippen LogP contribution is -2.38. The lowest BCUT2D eigenvalue weighted by Gasteiger charge is -2.19. The number of aromatic nitrogens is 5. The van der Waals surface area contributed by atoms with Gasteiger partial charge < -0.3 is 10.8 Å². The van der Waals surface area contributed by atoms with Gasteiger partial charge in [-0.1, -0.05) is 24.8 Å². The molecule has 11 heteroatoms. The Morgan fingerprint density at radius 1 is 1.17 bits per heavy atom. The highest BCUT2D eigenvalue weighted by molar-refractivity contribution is 6.07. The Hall–Kier alpha value is -5.06. The fourth-order valence-corrected chi connectivity index (χ4v) is 4.02. The summed E-state index contributed by atoms with van der Waals surface area (Å²) in [6.07, 6.45) is 4.02. The zero-order valence-electron chi connectivity index (χ0n) is 18.9. The van der Waals surface area contributed by atoms with E-state index in [1.165, 1.54) is 23.1 Å². The first kappa shape index (κ1) is 22.7. The second kappa shape index (κ2) is 8.95. The molecule has 5 aromatic rings. The summed E-state index contributed by atoms with van der Waals surface area (Å²) in [5.74, 6) is -1.79. The molecule has 0 aliphatic heterocycles. The van der Waals surface area contributed by atoms with E-state index in [1.807, 2.05) is 0 Å². The van der Waals surface area contributed by atoms with E-state index >= 15 is 0 Å². The van der Waals surface area contributed by atoms with E-state index in [-0.39, 0.29) is 18.9 Å². The molecule has 10 nitrogen and oxygen atoms in total. The predicted molar refractivity (Wildman–Crippen MR) is 131 cm³/mol. The van der Waals surface area contributed by atoms with Gasteiger partial charge in [0.15, 0.2) is 23.0 Å². The SMILES string of the molecule is C=CC(=O)N(CCn1nc(-n2ccc3cc(O)c(F)cc32)c2c(N)ncnc21)C(=O)c1ccccc1. The fraction of sp³-hybridized carbons (Fsp3) is 0.0800. The normalized spacial score (nSPS) is 11.1. The Kier molecular flexibility index (Phi) is 5.65.